The van der Waals surface area contributed by atoms with Gasteiger partial charge in [-0.3, -0.25) is 4.98 Å². The van der Waals surface area contributed by atoms with Crippen LogP contribution >= 0.6 is 0 Å². The van der Waals surface area contributed by atoms with Crippen LogP contribution in [-0.2, 0) is 4.74 Å². The van der Waals surface area contributed by atoms with E-state index in [2.05, 4.69) is 34.7 Å². The van der Waals surface area contributed by atoms with E-state index in [0.717, 1.165) is 18.9 Å². The highest BCUT2D eigenvalue weighted by molar-refractivity contribution is 5.91. The van der Waals surface area contributed by atoms with Crippen LogP contribution in [0.3, 0.4) is 0 Å². The average molecular weight is 397 g/mol. The first-order valence-electron chi connectivity index (χ1n) is 9.94. The second kappa shape index (κ2) is 8.43. The second-order valence-corrected chi connectivity index (χ2v) is 7.67. The van der Waals surface area contributed by atoms with Gasteiger partial charge in [0.2, 0.25) is 0 Å². The van der Waals surface area contributed by atoms with Crippen LogP contribution in [0.1, 0.15) is 31.4 Å². The van der Waals surface area contributed by atoms with Gasteiger partial charge in [0.15, 0.2) is 5.82 Å². The molecule has 0 aliphatic carbocycles. The van der Waals surface area contributed by atoms with Gasteiger partial charge < -0.3 is 15.4 Å². The molecule has 0 bridgehead atoms. The van der Waals surface area contributed by atoms with E-state index in [0.29, 0.717) is 30.8 Å². The fraction of sp³-hybridized carbons (Fsp3) is 0.348. The summed E-state index contributed by atoms with van der Waals surface area (Å²) in [5.41, 5.74) is 1.88. The van der Waals surface area contributed by atoms with Gasteiger partial charge in [0.25, 0.3) is 0 Å². The van der Waals surface area contributed by atoms with Gasteiger partial charge in [-0.2, -0.15) is 0 Å². The molecule has 4 rings (SSSR count). The van der Waals surface area contributed by atoms with Crippen molar-refractivity contribution in [2.24, 2.45) is 0 Å². The van der Waals surface area contributed by atoms with Crippen LogP contribution in [0.2, 0.25) is 0 Å². The molecule has 1 atom stereocenters. The fourth-order valence-electron chi connectivity index (χ4n) is 4.02. The number of halogens is 2. The Kier molecular flexibility index (Phi) is 5.74. The average Bonchev–Trinajstić information content (AvgIpc) is 2.73. The predicted molar refractivity (Wildman–Crippen MR) is 111 cm³/mol. The third-order valence-corrected chi connectivity index (χ3v) is 5.65. The van der Waals surface area contributed by atoms with Crippen molar-refractivity contribution in [3.05, 3.63) is 71.9 Å². The summed E-state index contributed by atoms with van der Waals surface area (Å²) >= 11 is 0. The number of rotatable bonds is 6. The van der Waals surface area contributed by atoms with E-state index in [1.165, 1.54) is 11.6 Å². The molecule has 29 heavy (non-hydrogen) atoms. The topological polar surface area (TPSA) is 46.2 Å². The molecule has 0 amide bonds. The van der Waals surface area contributed by atoms with Crippen molar-refractivity contribution in [2.75, 3.05) is 25.1 Å². The number of fused-ring (bicyclic) bond motifs is 1. The SMILES string of the molecule is CC(NC1(CNc2ccnc3c(F)cc(F)cc23)CCOCC1)c1ccccc1. The first-order valence-corrected chi connectivity index (χ1v) is 9.94. The van der Waals surface area contributed by atoms with Crippen LogP contribution < -0.4 is 10.6 Å². The summed E-state index contributed by atoms with van der Waals surface area (Å²) in [5.74, 6) is -1.26. The molecule has 4 nitrogen and oxygen atoms in total. The fourth-order valence-corrected chi connectivity index (χ4v) is 4.02. The van der Waals surface area contributed by atoms with E-state index < -0.39 is 11.6 Å². The third kappa shape index (κ3) is 4.38. The lowest BCUT2D eigenvalue weighted by atomic mass is 9.88. The molecule has 2 N–H and O–H groups in total. The number of nitrogens with zero attached hydrogens (tertiary/aromatic N) is 1. The molecule has 0 saturated carbocycles. The van der Waals surface area contributed by atoms with Crippen molar-refractivity contribution in [1.29, 1.82) is 0 Å². The molecule has 1 aliphatic rings. The van der Waals surface area contributed by atoms with Gasteiger partial charge in [-0.15, -0.1) is 0 Å². The summed E-state index contributed by atoms with van der Waals surface area (Å²) in [6, 6.07) is 14.4. The molecule has 1 aromatic heterocycles. The molecule has 2 aromatic carbocycles. The van der Waals surface area contributed by atoms with Crippen molar-refractivity contribution in [3.8, 4) is 0 Å². The largest absolute Gasteiger partial charge is 0.383 e. The summed E-state index contributed by atoms with van der Waals surface area (Å²) in [7, 11) is 0. The van der Waals surface area contributed by atoms with Crippen molar-refractivity contribution < 1.29 is 13.5 Å². The first-order chi connectivity index (χ1) is 14.1. The lowest BCUT2D eigenvalue weighted by Crippen LogP contribution is -2.54. The van der Waals surface area contributed by atoms with Crippen molar-refractivity contribution in [3.63, 3.8) is 0 Å². The zero-order valence-corrected chi connectivity index (χ0v) is 16.4. The second-order valence-electron chi connectivity index (χ2n) is 7.67. The van der Waals surface area contributed by atoms with Gasteiger partial charge in [-0.1, -0.05) is 30.3 Å². The summed E-state index contributed by atoms with van der Waals surface area (Å²) in [6.45, 7) is 4.12. The summed E-state index contributed by atoms with van der Waals surface area (Å²) < 4.78 is 33.5. The van der Waals surface area contributed by atoms with Crippen LogP contribution in [0.4, 0.5) is 14.5 Å². The van der Waals surface area contributed by atoms with Crippen molar-refractivity contribution in [1.82, 2.24) is 10.3 Å². The van der Waals surface area contributed by atoms with Crippen LogP contribution in [-0.4, -0.2) is 30.3 Å². The number of ether oxygens (including phenoxy) is 1. The summed E-state index contributed by atoms with van der Waals surface area (Å²) in [5, 5.41) is 7.65. The van der Waals surface area contributed by atoms with Crippen LogP contribution in [0.5, 0.6) is 0 Å². The first kappa shape index (κ1) is 19.7. The van der Waals surface area contributed by atoms with Crippen molar-refractivity contribution in [2.45, 2.75) is 31.3 Å². The molecule has 1 fully saturated rings. The van der Waals surface area contributed by atoms with Gasteiger partial charge >= 0.3 is 0 Å². The Morgan fingerprint density at radius 1 is 1.10 bits per heavy atom. The molecule has 152 valence electrons. The highest BCUT2D eigenvalue weighted by atomic mass is 19.1. The van der Waals surface area contributed by atoms with E-state index in [9.17, 15) is 8.78 Å². The monoisotopic (exact) mass is 397 g/mol. The zero-order valence-electron chi connectivity index (χ0n) is 16.4. The number of hydrogen-bond acceptors (Lipinski definition) is 4. The minimum absolute atomic E-state index is 0.167. The highest BCUT2D eigenvalue weighted by Gasteiger charge is 2.34. The summed E-state index contributed by atoms with van der Waals surface area (Å²) in [6.07, 6.45) is 3.24. The van der Waals surface area contributed by atoms with E-state index >= 15 is 0 Å². The maximum Gasteiger partial charge on any atom is 0.152 e. The lowest BCUT2D eigenvalue weighted by Gasteiger charge is -2.41. The van der Waals surface area contributed by atoms with E-state index in [1.807, 2.05) is 18.2 Å². The van der Waals surface area contributed by atoms with Crippen molar-refractivity contribution >= 4 is 16.6 Å². The molecule has 1 unspecified atom stereocenters. The Morgan fingerprint density at radius 2 is 1.86 bits per heavy atom. The zero-order chi connectivity index (χ0) is 20.3. The molecule has 1 aliphatic heterocycles. The quantitative estimate of drug-likeness (QED) is 0.626. The molecule has 0 spiro atoms. The Hall–Kier alpha value is -2.57. The Balaban J connectivity index is 1.57. The van der Waals surface area contributed by atoms with Crippen LogP contribution in [0.25, 0.3) is 10.9 Å². The maximum atomic E-state index is 14.1. The maximum absolute atomic E-state index is 14.1. The Labute approximate surface area is 169 Å². The third-order valence-electron chi connectivity index (χ3n) is 5.65. The number of anilines is 1. The lowest BCUT2D eigenvalue weighted by molar-refractivity contribution is 0.0389. The molecule has 1 saturated heterocycles. The van der Waals surface area contributed by atoms with E-state index in [4.69, 9.17) is 4.74 Å². The number of nitrogens with one attached hydrogen (secondary N) is 2. The normalized spacial score (nSPS) is 17.2. The molecule has 6 heteroatoms. The molecule has 2 heterocycles. The van der Waals surface area contributed by atoms with Crippen LogP contribution in [0.15, 0.2) is 54.7 Å². The molecule has 0 radical (unpaired) electrons. The summed E-state index contributed by atoms with van der Waals surface area (Å²) in [4.78, 5) is 4.07. The minimum Gasteiger partial charge on any atom is -0.383 e. The minimum atomic E-state index is -0.653. The standard InChI is InChI=1S/C23H25F2N3O/c1-16(17-5-3-2-4-6-17)28-23(8-11-29-12-9-23)15-27-21-7-10-26-22-19(21)13-18(24)14-20(22)25/h2-7,10,13-14,16,28H,8-9,11-12,15H2,1H3,(H,26,27). The molecule has 3 aromatic rings. The van der Waals surface area contributed by atoms with Gasteiger partial charge in [-0.05, 0) is 37.5 Å². The number of hydrogen-bond donors (Lipinski definition) is 2. The highest BCUT2D eigenvalue weighted by Crippen LogP contribution is 2.29. The number of pyridine rings is 1. The predicted octanol–water partition coefficient (Wildman–Crippen LogP) is 4.82. The molecular weight excluding hydrogens is 372 g/mol. The van der Waals surface area contributed by atoms with Gasteiger partial charge in [-0.25, -0.2) is 8.78 Å². The Morgan fingerprint density at radius 3 is 2.62 bits per heavy atom. The Bertz CT molecular complexity index is 975. The van der Waals surface area contributed by atoms with Gasteiger partial charge in [0.1, 0.15) is 11.3 Å². The number of aromatic nitrogens is 1. The van der Waals surface area contributed by atoms with Crippen LogP contribution in [0, 0.1) is 11.6 Å². The van der Waals surface area contributed by atoms with Gasteiger partial charge in [0, 0.05) is 54.7 Å². The molecular formula is C23H25F2N3O. The number of benzene rings is 2. The van der Waals surface area contributed by atoms with Gasteiger partial charge in [0.05, 0.1) is 0 Å². The van der Waals surface area contributed by atoms with E-state index in [-0.39, 0.29) is 17.1 Å². The smallest absolute Gasteiger partial charge is 0.152 e. The van der Waals surface area contributed by atoms with E-state index in [1.54, 1.807) is 12.3 Å².